The van der Waals surface area contributed by atoms with Gasteiger partial charge in [0.25, 0.3) is 11.4 Å². The van der Waals surface area contributed by atoms with Crippen molar-refractivity contribution in [1.82, 2.24) is 19.5 Å². The van der Waals surface area contributed by atoms with E-state index in [0.29, 0.717) is 45.4 Å². The third-order valence-corrected chi connectivity index (χ3v) is 5.75. The highest BCUT2D eigenvalue weighted by atomic mass is 19.1. The molecule has 0 atom stereocenters. The Hall–Kier alpha value is -5.12. The number of Topliss-reactive ketones (excluding diaryl/α,β-unsaturated/α-hetero) is 1. The lowest BCUT2D eigenvalue weighted by Gasteiger charge is -2.11. The van der Waals surface area contributed by atoms with Gasteiger partial charge in [-0.15, -0.1) is 0 Å². The SMILES string of the molecule is COc1cc2nccc(Oc3ccc(CC(=O)c4nccn(-c5ccc(F)cc5)c4=O)cc3)c2nc1OC. The lowest BCUT2D eigenvalue weighted by molar-refractivity contribution is 0.0986. The fraction of sp³-hybridized carbons (Fsp3) is 0.107. The minimum atomic E-state index is -0.576. The number of pyridine rings is 2. The number of ether oxygens (including phenoxy) is 3. The minimum absolute atomic E-state index is 0.0350. The predicted molar refractivity (Wildman–Crippen MR) is 137 cm³/mol. The summed E-state index contributed by atoms with van der Waals surface area (Å²) in [6.07, 6.45) is 4.37. The van der Waals surface area contributed by atoms with Crippen molar-refractivity contribution < 1.29 is 23.4 Å². The predicted octanol–water partition coefficient (Wildman–Crippen LogP) is 4.55. The highest BCUT2D eigenvalue weighted by Crippen LogP contribution is 2.33. The van der Waals surface area contributed by atoms with Gasteiger partial charge in [0, 0.05) is 42.8 Å². The summed E-state index contributed by atoms with van der Waals surface area (Å²) in [5, 5.41) is 0. The molecule has 0 spiro atoms. The minimum Gasteiger partial charge on any atom is -0.491 e. The van der Waals surface area contributed by atoms with Crippen molar-refractivity contribution in [2.24, 2.45) is 0 Å². The van der Waals surface area contributed by atoms with Gasteiger partial charge in [0.1, 0.15) is 17.1 Å². The number of carbonyl (C=O) groups is 1. The van der Waals surface area contributed by atoms with Crippen molar-refractivity contribution in [3.63, 3.8) is 0 Å². The zero-order valence-corrected chi connectivity index (χ0v) is 20.4. The molecule has 0 saturated heterocycles. The van der Waals surface area contributed by atoms with E-state index >= 15 is 0 Å². The Morgan fingerprint density at radius 1 is 0.921 bits per heavy atom. The van der Waals surface area contributed by atoms with Crippen LogP contribution in [-0.4, -0.2) is 39.5 Å². The van der Waals surface area contributed by atoms with Gasteiger partial charge in [-0.1, -0.05) is 12.1 Å². The van der Waals surface area contributed by atoms with E-state index in [-0.39, 0.29) is 12.1 Å². The van der Waals surface area contributed by atoms with Crippen molar-refractivity contribution in [1.29, 1.82) is 0 Å². The largest absolute Gasteiger partial charge is 0.491 e. The van der Waals surface area contributed by atoms with Crippen molar-refractivity contribution in [2.45, 2.75) is 6.42 Å². The van der Waals surface area contributed by atoms with Gasteiger partial charge in [-0.3, -0.25) is 19.1 Å². The topological polar surface area (TPSA) is 105 Å². The standard InChI is InChI=1S/C28H21FN4O5/c1-36-24-16-21-25(32-27(24)37-2)23(11-12-30-21)38-20-9-3-17(4-10-20)15-22(34)26-28(35)33(14-13-31-26)19-7-5-18(29)6-8-19/h3-14,16H,15H2,1-2H3. The fourth-order valence-electron chi connectivity index (χ4n) is 3.87. The van der Waals surface area contributed by atoms with Crippen molar-refractivity contribution in [3.05, 3.63) is 107 Å². The first-order valence-corrected chi connectivity index (χ1v) is 11.5. The molecule has 5 rings (SSSR count). The second-order valence-electron chi connectivity index (χ2n) is 8.15. The summed E-state index contributed by atoms with van der Waals surface area (Å²) in [5.74, 6) is 0.880. The molecule has 0 aliphatic carbocycles. The first-order chi connectivity index (χ1) is 18.5. The van der Waals surface area contributed by atoms with Crippen LogP contribution in [-0.2, 0) is 6.42 Å². The van der Waals surface area contributed by atoms with E-state index in [9.17, 15) is 14.0 Å². The molecule has 0 bridgehead atoms. The van der Waals surface area contributed by atoms with E-state index in [1.54, 1.807) is 42.6 Å². The van der Waals surface area contributed by atoms with Crippen LogP contribution in [0, 0.1) is 5.82 Å². The average molecular weight is 512 g/mol. The van der Waals surface area contributed by atoms with E-state index < -0.39 is 17.2 Å². The molecule has 9 nitrogen and oxygen atoms in total. The van der Waals surface area contributed by atoms with Crippen LogP contribution in [0.1, 0.15) is 16.1 Å². The van der Waals surface area contributed by atoms with Gasteiger partial charge in [-0.25, -0.2) is 14.4 Å². The molecule has 0 saturated carbocycles. The van der Waals surface area contributed by atoms with Gasteiger partial charge in [0.05, 0.1) is 19.7 Å². The lowest BCUT2D eigenvalue weighted by Crippen LogP contribution is -2.27. The summed E-state index contributed by atoms with van der Waals surface area (Å²) in [6.45, 7) is 0. The number of nitrogens with zero attached hydrogens (tertiary/aromatic N) is 4. The number of rotatable bonds is 8. The Kier molecular flexibility index (Phi) is 6.77. The monoisotopic (exact) mass is 512 g/mol. The van der Waals surface area contributed by atoms with Crippen molar-refractivity contribution in [2.75, 3.05) is 14.2 Å². The summed E-state index contributed by atoms with van der Waals surface area (Å²) in [5.41, 5.74) is 1.40. The third kappa shape index (κ3) is 4.92. The molecule has 2 aromatic carbocycles. The number of aromatic nitrogens is 4. The molecule has 0 aliphatic rings. The number of benzene rings is 2. The van der Waals surface area contributed by atoms with Gasteiger partial charge in [0.15, 0.2) is 23.0 Å². The highest BCUT2D eigenvalue weighted by molar-refractivity contribution is 5.95. The van der Waals surface area contributed by atoms with E-state index in [1.807, 2.05) is 0 Å². The van der Waals surface area contributed by atoms with Crippen LogP contribution in [0.25, 0.3) is 16.7 Å². The first kappa shape index (κ1) is 24.6. The number of hydrogen-bond donors (Lipinski definition) is 0. The Morgan fingerprint density at radius 2 is 1.68 bits per heavy atom. The van der Waals surface area contributed by atoms with E-state index in [1.165, 1.54) is 55.4 Å². The van der Waals surface area contributed by atoms with E-state index in [4.69, 9.17) is 14.2 Å². The summed E-state index contributed by atoms with van der Waals surface area (Å²) in [4.78, 5) is 38.5. The number of hydrogen-bond acceptors (Lipinski definition) is 8. The normalized spacial score (nSPS) is 10.8. The molecule has 5 aromatic rings. The second-order valence-corrected chi connectivity index (χ2v) is 8.15. The lowest BCUT2D eigenvalue weighted by atomic mass is 10.1. The van der Waals surface area contributed by atoms with Gasteiger partial charge < -0.3 is 14.2 Å². The molecule has 0 amide bonds. The Bertz CT molecular complexity index is 1690. The van der Waals surface area contributed by atoms with Crippen LogP contribution in [0.2, 0.25) is 0 Å². The fourth-order valence-corrected chi connectivity index (χ4v) is 3.87. The first-order valence-electron chi connectivity index (χ1n) is 11.5. The van der Waals surface area contributed by atoms with Crippen molar-refractivity contribution >= 4 is 16.8 Å². The quantitative estimate of drug-likeness (QED) is 0.279. The number of fused-ring (bicyclic) bond motifs is 1. The van der Waals surface area contributed by atoms with Gasteiger partial charge in [0.2, 0.25) is 0 Å². The molecule has 0 radical (unpaired) electrons. The molecule has 0 N–H and O–H groups in total. The van der Waals surface area contributed by atoms with Gasteiger partial charge >= 0.3 is 0 Å². The van der Waals surface area contributed by atoms with Crippen LogP contribution in [0.5, 0.6) is 23.1 Å². The van der Waals surface area contributed by atoms with Gasteiger partial charge in [-0.05, 0) is 42.0 Å². The highest BCUT2D eigenvalue weighted by Gasteiger charge is 2.16. The second kappa shape index (κ2) is 10.5. The molecule has 3 aromatic heterocycles. The number of ketones is 1. The van der Waals surface area contributed by atoms with Crippen LogP contribution >= 0.6 is 0 Å². The molecule has 3 heterocycles. The number of halogens is 1. The molecule has 190 valence electrons. The summed E-state index contributed by atoms with van der Waals surface area (Å²) in [7, 11) is 3.02. The zero-order chi connectivity index (χ0) is 26.6. The smallest absolute Gasteiger partial charge is 0.284 e. The number of methoxy groups -OCH3 is 2. The molecule has 0 aliphatic heterocycles. The van der Waals surface area contributed by atoms with E-state index in [0.717, 1.165) is 0 Å². The summed E-state index contributed by atoms with van der Waals surface area (Å²) >= 11 is 0. The maximum absolute atomic E-state index is 13.3. The number of carbonyl (C=O) groups excluding carboxylic acids is 1. The maximum Gasteiger partial charge on any atom is 0.284 e. The molecule has 0 fully saturated rings. The Balaban J connectivity index is 1.34. The Labute approximate surface area is 216 Å². The summed E-state index contributed by atoms with van der Waals surface area (Å²) in [6, 6.07) is 15.7. The van der Waals surface area contributed by atoms with Crippen LogP contribution in [0.4, 0.5) is 4.39 Å². The summed E-state index contributed by atoms with van der Waals surface area (Å²) < 4.78 is 31.1. The van der Waals surface area contributed by atoms with Gasteiger partial charge in [-0.2, -0.15) is 0 Å². The zero-order valence-electron chi connectivity index (χ0n) is 20.4. The molecular formula is C28H21FN4O5. The maximum atomic E-state index is 13.3. The molecule has 38 heavy (non-hydrogen) atoms. The van der Waals surface area contributed by atoms with Crippen LogP contribution in [0.3, 0.4) is 0 Å². The molecule has 10 heteroatoms. The van der Waals surface area contributed by atoms with Crippen molar-refractivity contribution in [3.8, 4) is 28.8 Å². The van der Waals surface area contributed by atoms with E-state index in [2.05, 4.69) is 15.0 Å². The molecule has 0 unspecified atom stereocenters. The van der Waals surface area contributed by atoms with Crippen LogP contribution in [0.15, 0.2) is 84.0 Å². The third-order valence-electron chi connectivity index (χ3n) is 5.75. The average Bonchev–Trinajstić information content (AvgIpc) is 2.94. The molecular weight excluding hydrogens is 491 g/mol. The van der Waals surface area contributed by atoms with Crippen LogP contribution < -0.4 is 19.8 Å². The Morgan fingerprint density at radius 3 is 2.39 bits per heavy atom.